The molecular formula is C17H22N4OS. The minimum atomic E-state index is -0.0927. The maximum absolute atomic E-state index is 12.9. The Morgan fingerprint density at radius 2 is 2.22 bits per heavy atom. The van der Waals surface area contributed by atoms with E-state index < -0.39 is 0 Å². The van der Waals surface area contributed by atoms with Gasteiger partial charge in [-0.25, -0.2) is 4.98 Å². The number of nitriles is 1. The average Bonchev–Trinajstić information content (AvgIpc) is 2.93. The second-order valence-electron chi connectivity index (χ2n) is 5.79. The average molecular weight is 330 g/mol. The maximum atomic E-state index is 12.9. The van der Waals surface area contributed by atoms with Crippen LogP contribution in [0.15, 0.2) is 29.6 Å². The predicted molar refractivity (Wildman–Crippen MR) is 92.6 cm³/mol. The Bertz CT molecular complexity index is 717. The molecule has 0 saturated heterocycles. The third-order valence-electron chi connectivity index (χ3n) is 3.66. The molecule has 0 unspecified atom stereocenters. The van der Waals surface area contributed by atoms with Crippen LogP contribution in [0.5, 0.6) is 0 Å². The number of amides is 1. The summed E-state index contributed by atoms with van der Waals surface area (Å²) in [6.07, 6.45) is 5.12. The number of aromatic nitrogens is 2. The van der Waals surface area contributed by atoms with Gasteiger partial charge in [0.1, 0.15) is 0 Å². The van der Waals surface area contributed by atoms with Crippen LogP contribution in [0.2, 0.25) is 0 Å². The molecule has 23 heavy (non-hydrogen) atoms. The molecule has 0 aliphatic carbocycles. The predicted octanol–water partition coefficient (Wildman–Crippen LogP) is 3.46. The fourth-order valence-corrected chi connectivity index (χ4v) is 2.91. The van der Waals surface area contributed by atoms with Crippen LogP contribution in [-0.2, 0) is 0 Å². The molecule has 0 N–H and O–H groups in total. The Kier molecular flexibility index (Phi) is 6.05. The summed E-state index contributed by atoms with van der Waals surface area (Å²) in [4.78, 5) is 19.2. The number of pyridine rings is 1. The van der Waals surface area contributed by atoms with Crippen molar-refractivity contribution in [2.75, 3.05) is 19.3 Å². The van der Waals surface area contributed by atoms with Crippen molar-refractivity contribution >= 4 is 23.2 Å². The fraction of sp³-hybridized carbons (Fsp3) is 0.471. The molecule has 2 rings (SSSR count). The standard InChI is InChI=1S/C17H22N4OS/c1-13(2)8-12-20(10-6-9-18)16(22)15-14-7-4-5-11-21(14)17(19-15)23-3/h4-5,7,11,13H,6,8,10,12H2,1-3H3. The zero-order chi connectivity index (χ0) is 16.8. The van der Waals surface area contributed by atoms with Crippen molar-refractivity contribution in [1.82, 2.24) is 14.3 Å². The zero-order valence-corrected chi connectivity index (χ0v) is 14.6. The minimum absolute atomic E-state index is 0.0927. The van der Waals surface area contributed by atoms with Crippen LogP contribution < -0.4 is 0 Å². The minimum Gasteiger partial charge on any atom is -0.336 e. The van der Waals surface area contributed by atoms with Gasteiger partial charge in [-0.3, -0.25) is 9.20 Å². The Morgan fingerprint density at radius 3 is 2.87 bits per heavy atom. The molecule has 6 heteroatoms. The van der Waals surface area contributed by atoms with Crippen molar-refractivity contribution in [2.24, 2.45) is 5.92 Å². The summed E-state index contributed by atoms with van der Waals surface area (Å²) in [6.45, 7) is 5.36. The molecule has 0 aliphatic rings. The van der Waals surface area contributed by atoms with Gasteiger partial charge < -0.3 is 4.90 Å². The van der Waals surface area contributed by atoms with E-state index >= 15 is 0 Å². The number of hydrogen-bond donors (Lipinski definition) is 0. The molecule has 0 atom stereocenters. The molecule has 2 heterocycles. The lowest BCUT2D eigenvalue weighted by Gasteiger charge is -2.21. The van der Waals surface area contributed by atoms with E-state index in [9.17, 15) is 4.79 Å². The van der Waals surface area contributed by atoms with Gasteiger partial charge in [0.25, 0.3) is 5.91 Å². The molecule has 5 nitrogen and oxygen atoms in total. The normalized spacial score (nSPS) is 10.9. The first-order valence-corrected chi connectivity index (χ1v) is 8.98. The topological polar surface area (TPSA) is 61.4 Å². The molecular weight excluding hydrogens is 308 g/mol. The third-order valence-corrected chi connectivity index (χ3v) is 4.31. The Morgan fingerprint density at radius 1 is 1.43 bits per heavy atom. The lowest BCUT2D eigenvalue weighted by Crippen LogP contribution is -2.33. The molecule has 2 aromatic heterocycles. The largest absolute Gasteiger partial charge is 0.336 e. The number of imidazole rings is 1. The summed E-state index contributed by atoms with van der Waals surface area (Å²) in [7, 11) is 0. The van der Waals surface area contributed by atoms with Gasteiger partial charge in [0.05, 0.1) is 18.0 Å². The number of fused-ring (bicyclic) bond motifs is 1. The highest BCUT2D eigenvalue weighted by atomic mass is 32.2. The molecule has 0 aliphatic heterocycles. The van der Waals surface area contributed by atoms with Gasteiger partial charge in [0, 0.05) is 19.3 Å². The number of hydrogen-bond acceptors (Lipinski definition) is 4. The van der Waals surface area contributed by atoms with Crippen molar-refractivity contribution in [3.8, 4) is 6.07 Å². The van der Waals surface area contributed by atoms with Crippen LogP contribution in [0, 0.1) is 17.2 Å². The number of thioether (sulfide) groups is 1. The third kappa shape index (κ3) is 4.05. The molecule has 0 saturated carbocycles. The highest BCUT2D eigenvalue weighted by molar-refractivity contribution is 7.98. The highest BCUT2D eigenvalue weighted by Gasteiger charge is 2.22. The lowest BCUT2D eigenvalue weighted by atomic mass is 10.1. The monoisotopic (exact) mass is 330 g/mol. The molecule has 0 aromatic carbocycles. The van der Waals surface area contributed by atoms with Crippen LogP contribution in [0.25, 0.3) is 5.52 Å². The molecule has 0 bridgehead atoms. The smallest absolute Gasteiger partial charge is 0.274 e. The van der Waals surface area contributed by atoms with Crippen LogP contribution >= 0.6 is 11.8 Å². The second kappa shape index (κ2) is 8.02. The quantitative estimate of drug-likeness (QED) is 0.729. The number of carbonyl (C=O) groups is 1. The van der Waals surface area contributed by atoms with Crippen molar-refractivity contribution in [3.63, 3.8) is 0 Å². The first-order chi connectivity index (χ1) is 11.1. The highest BCUT2D eigenvalue weighted by Crippen LogP contribution is 2.21. The molecule has 122 valence electrons. The van der Waals surface area contributed by atoms with Crippen molar-refractivity contribution in [1.29, 1.82) is 5.26 Å². The first-order valence-electron chi connectivity index (χ1n) is 7.75. The van der Waals surface area contributed by atoms with E-state index in [1.54, 1.807) is 4.90 Å². The van der Waals surface area contributed by atoms with Gasteiger partial charge in [0.2, 0.25) is 0 Å². The van der Waals surface area contributed by atoms with E-state index in [0.717, 1.165) is 17.1 Å². The Balaban J connectivity index is 2.33. The molecule has 0 radical (unpaired) electrons. The maximum Gasteiger partial charge on any atom is 0.274 e. The number of nitrogens with zero attached hydrogens (tertiary/aromatic N) is 4. The van der Waals surface area contributed by atoms with E-state index in [1.807, 2.05) is 35.1 Å². The Labute approximate surface area is 141 Å². The van der Waals surface area contributed by atoms with E-state index in [-0.39, 0.29) is 5.91 Å². The van der Waals surface area contributed by atoms with Gasteiger partial charge in [0.15, 0.2) is 10.9 Å². The molecule has 0 fully saturated rings. The van der Waals surface area contributed by atoms with E-state index in [4.69, 9.17) is 5.26 Å². The summed E-state index contributed by atoms with van der Waals surface area (Å²) in [5, 5.41) is 9.65. The lowest BCUT2D eigenvalue weighted by molar-refractivity contribution is 0.0748. The van der Waals surface area contributed by atoms with Crippen molar-refractivity contribution in [3.05, 3.63) is 30.1 Å². The van der Waals surface area contributed by atoms with Gasteiger partial charge in [-0.05, 0) is 30.7 Å². The van der Waals surface area contributed by atoms with Gasteiger partial charge in [-0.2, -0.15) is 5.26 Å². The van der Waals surface area contributed by atoms with Crippen LogP contribution in [0.1, 0.15) is 37.2 Å². The van der Waals surface area contributed by atoms with Gasteiger partial charge >= 0.3 is 0 Å². The van der Waals surface area contributed by atoms with Gasteiger partial charge in [-0.15, -0.1) is 0 Å². The van der Waals surface area contributed by atoms with Crippen LogP contribution in [0.4, 0.5) is 0 Å². The fourth-order valence-electron chi connectivity index (χ4n) is 2.37. The molecule has 1 amide bonds. The van der Waals surface area contributed by atoms with Crippen molar-refractivity contribution in [2.45, 2.75) is 31.8 Å². The summed E-state index contributed by atoms with van der Waals surface area (Å²) in [6, 6.07) is 7.86. The summed E-state index contributed by atoms with van der Waals surface area (Å²) in [5.74, 6) is 0.415. The zero-order valence-electron chi connectivity index (χ0n) is 13.8. The Hall–Kier alpha value is -2.00. The van der Waals surface area contributed by atoms with Crippen LogP contribution in [0.3, 0.4) is 0 Å². The number of carbonyl (C=O) groups excluding carboxylic acids is 1. The number of rotatable bonds is 7. The van der Waals surface area contributed by atoms with E-state index in [1.165, 1.54) is 11.8 Å². The first kappa shape index (κ1) is 17.4. The summed E-state index contributed by atoms with van der Waals surface area (Å²) < 4.78 is 1.93. The second-order valence-corrected chi connectivity index (χ2v) is 6.56. The molecule has 2 aromatic rings. The van der Waals surface area contributed by atoms with Crippen molar-refractivity contribution < 1.29 is 4.79 Å². The summed E-state index contributed by atoms with van der Waals surface area (Å²) >= 11 is 1.51. The van der Waals surface area contributed by atoms with E-state index in [0.29, 0.717) is 31.1 Å². The molecule has 0 spiro atoms. The van der Waals surface area contributed by atoms with Crippen LogP contribution in [-0.4, -0.2) is 39.5 Å². The summed E-state index contributed by atoms with van der Waals surface area (Å²) in [5.41, 5.74) is 1.28. The van der Waals surface area contributed by atoms with E-state index in [2.05, 4.69) is 24.9 Å². The van der Waals surface area contributed by atoms with Gasteiger partial charge in [-0.1, -0.05) is 31.7 Å². The SMILES string of the molecule is CSc1nc(C(=O)N(CCC#N)CCC(C)C)c2ccccn12.